The Morgan fingerprint density at radius 3 is 2.53 bits per heavy atom. The van der Waals surface area contributed by atoms with E-state index in [2.05, 4.69) is 43.2 Å². The molecule has 0 aliphatic rings. The number of rotatable bonds is 6. The van der Waals surface area contributed by atoms with Crippen molar-refractivity contribution in [2.24, 2.45) is 0 Å². The molecule has 0 aromatic heterocycles. The van der Waals surface area contributed by atoms with Gasteiger partial charge in [-0.3, -0.25) is 0 Å². The lowest BCUT2D eigenvalue weighted by molar-refractivity contribution is 0.411. The van der Waals surface area contributed by atoms with E-state index in [1.807, 2.05) is 7.05 Å². The fourth-order valence-corrected chi connectivity index (χ4v) is 2.02. The molecule has 0 atom stereocenters. The van der Waals surface area contributed by atoms with Gasteiger partial charge in [0.25, 0.3) is 0 Å². The highest BCUT2D eigenvalue weighted by Crippen LogP contribution is 2.28. The Kier molecular flexibility index (Phi) is 5.29. The van der Waals surface area contributed by atoms with Crippen molar-refractivity contribution >= 4 is 5.69 Å². The average Bonchev–Trinajstić information content (AvgIpc) is 2.31. The van der Waals surface area contributed by atoms with E-state index in [9.17, 15) is 0 Å². The van der Waals surface area contributed by atoms with Gasteiger partial charge < -0.3 is 15.0 Å². The van der Waals surface area contributed by atoms with Crippen molar-refractivity contribution in [3.63, 3.8) is 0 Å². The van der Waals surface area contributed by atoms with Crippen molar-refractivity contribution in [1.29, 1.82) is 0 Å². The Bertz CT molecular complexity index is 363. The minimum absolute atomic E-state index is 0.967. The third-order valence-corrected chi connectivity index (χ3v) is 3.04. The molecule has 0 saturated carbocycles. The molecule has 0 radical (unpaired) electrons. The van der Waals surface area contributed by atoms with Crippen LogP contribution in [-0.4, -0.2) is 34.3 Å². The SMILES string of the molecule is CNCCCN(C)c1cc(C)c(OC)cc1C. The van der Waals surface area contributed by atoms with Gasteiger partial charge in [0.1, 0.15) is 5.75 Å². The summed E-state index contributed by atoms with van der Waals surface area (Å²) in [6.07, 6.45) is 1.15. The first-order valence-corrected chi connectivity index (χ1v) is 6.11. The maximum Gasteiger partial charge on any atom is 0.122 e. The van der Waals surface area contributed by atoms with Crippen LogP contribution in [0.1, 0.15) is 17.5 Å². The number of aryl methyl sites for hydroxylation is 2. The van der Waals surface area contributed by atoms with Gasteiger partial charge in [0.15, 0.2) is 0 Å². The minimum Gasteiger partial charge on any atom is -0.496 e. The maximum atomic E-state index is 5.33. The Morgan fingerprint density at radius 2 is 1.94 bits per heavy atom. The van der Waals surface area contributed by atoms with Crippen molar-refractivity contribution in [3.05, 3.63) is 23.3 Å². The van der Waals surface area contributed by atoms with Crippen LogP contribution in [0.4, 0.5) is 5.69 Å². The number of ether oxygens (including phenoxy) is 1. The largest absolute Gasteiger partial charge is 0.496 e. The van der Waals surface area contributed by atoms with Crippen molar-refractivity contribution in [1.82, 2.24) is 5.32 Å². The Balaban J connectivity index is 2.79. The molecular weight excluding hydrogens is 212 g/mol. The summed E-state index contributed by atoms with van der Waals surface area (Å²) in [4.78, 5) is 2.30. The van der Waals surface area contributed by atoms with Crippen molar-refractivity contribution in [3.8, 4) is 5.75 Å². The van der Waals surface area contributed by atoms with Crippen LogP contribution in [-0.2, 0) is 0 Å². The second-order valence-electron chi connectivity index (χ2n) is 4.49. The normalized spacial score (nSPS) is 10.4. The standard InChI is InChI=1S/C14H24N2O/c1-11-10-14(17-5)12(2)9-13(11)16(4)8-6-7-15-3/h9-10,15H,6-8H2,1-5H3. The molecule has 17 heavy (non-hydrogen) atoms. The Labute approximate surface area is 105 Å². The first-order valence-electron chi connectivity index (χ1n) is 6.11. The molecule has 0 unspecified atom stereocenters. The molecule has 0 heterocycles. The molecule has 0 spiro atoms. The van der Waals surface area contributed by atoms with Crippen LogP contribution in [0.25, 0.3) is 0 Å². The number of methoxy groups -OCH3 is 1. The monoisotopic (exact) mass is 236 g/mol. The van der Waals surface area contributed by atoms with Crippen molar-refractivity contribution in [2.45, 2.75) is 20.3 Å². The minimum atomic E-state index is 0.967. The fraction of sp³-hybridized carbons (Fsp3) is 0.571. The second kappa shape index (κ2) is 6.50. The van der Waals surface area contributed by atoms with E-state index < -0.39 is 0 Å². The molecule has 96 valence electrons. The van der Waals surface area contributed by atoms with Crippen molar-refractivity contribution < 1.29 is 4.74 Å². The smallest absolute Gasteiger partial charge is 0.122 e. The van der Waals surface area contributed by atoms with Gasteiger partial charge >= 0.3 is 0 Å². The summed E-state index contributed by atoms with van der Waals surface area (Å²) in [5, 5.41) is 3.17. The summed E-state index contributed by atoms with van der Waals surface area (Å²) in [5.41, 5.74) is 3.74. The molecule has 3 nitrogen and oxygen atoms in total. The molecule has 0 aliphatic heterocycles. The molecule has 0 fully saturated rings. The zero-order valence-electron chi connectivity index (χ0n) is 11.6. The molecule has 1 aromatic rings. The molecule has 1 rings (SSSR count). The molecule has 0 bridgehead atoms. The molecular formula is C14H24N2O. The lowest BCUT2D eigenvalue weighted by Crippen LogP contribution is -2.23. The van der Waals surface area contributed by atoms with Crippen molar-refractivity contribution in [2.75, 3.05) is 39.2 Å². The number of hydrogen-bond acceptors (Lipinski definition) is 3. The average molecular weight is 236 g/mol. The summed E-state index contributed by atoms with van der Waals surface area (Å²) in [6.45, 7) is 6.33. The first kappa shape index (κ1) is 13.8. The Hall–Kier alpha value is -1.22. The third-order valence-electron chi connectivity index (χ3n) is 3.04. The van der Waals surface area contributed by atoms with E-state index in [4.69, 9.17) is 4.74 Å². The summed E-state index contributed by atoms with van der Waals surface area (Å²) in [5.74, 6) is 0.967. The van der Waals surface area contributed by atoms with Crippen LogP contribution in [0.15, 0.2) is 12.1 Å². The number of anilines is 1. The molecule has 0 amide bonds. The number of hydrogen-bond donors (Lipinski definition) is 1. The van der Waals surface area contributed by atoms with E-state index in [-0.39, 0.29) is 0 Å². The van der Waals surface area contributed by atoms with Gasteiger partial charge in [-0.15, -0.1) is 0 Å². The summed E-state index contributed by atoms with van der Waals surface area (Å²) >= 11 is 0. The van der Waals surface area contributed by atoms with Crippen LogP contribution >= 0.6 is 0 Å². The lowest BCUT2D eigenvalue weighted by atomic mass is 10.1. The van der Waals surface area contributed by atoms with E-state index in [0.29, 0.717) is 0 Å². The first-order chi connectivity index (χ1) is 8.10. The van der Waals surface area contributed by atoms with E-state index >= 15 is 0 Å². The van der Waals surface area contributed by atoms with Crippen LogP contribution in [0.5, 0.6) is 5.75 Å². The van der Waals surface area contributed by atoms with E-state index in [1.165, 1.54) is 16.8 Å². The molecule has 0 aliphatic carbocycles. The Morgan fingerprint density at radius 1 is 1.24 bits per heavy atom. The quantitative estimate of drug-likeness (QED) is 0.767. The molecule has 1 N–H and O–H groups in total. The van der Waals surface area contributed by atoms with Crippen LogP contribution in [0.3, 0.4) is 0 Å². The number of benzene rings is 1. The zero-order chi connectivity index (χ0) is 12.8. The van der Waals surface area contributed by atoms with Crippen LogP contribution in [0.2, 0.25) is 0 Å². The van der Waals surface area contributed by atoms with Gasteiger partial charge in [0.2, 0.25) is 0 Å². The predicted molar refractivity (Wildman–Crippen MR) is 74.3 cm³/mol. The maximum absolute atomic E-state index is 5.33. The zero-order valence-corrected chi connectivity index (χ0v) is 11.6. The van der Waals surface area contributed by atoms with E-state index in [1.54, 1.807) is 7.11 Å². The van der Waals surface area contributed by atoms with Gasteiger partial charge in [0, 0.05) is 19.3 Å². The van der Waals surface area contributed by atoms with E-state index in [0.717, 1.165) is 25.3 Å². The van der Waals surface area contributed by atoms with Gasteiger partial charge in [-0.1, -0.05) is 0 Å². The second-order valence-corrected chi connectivity index (χ2v) is 4.49. The van der Waals surface area contributed by atoms with Crippen LogP contribution < -0.4 is 15.0 Å². The molecule has 3 heteroatoms. The summed E-state index contributed by atoms with van der Waals surface area (Å²) in [7, 11) is 5.85. The lowest BCUT2D eigenvalue weighted by Gasteiger charge is -2.22. The highest BCUT2D eigenvalue weighted by molar-refractivity contribution is 5.58. The van der Waals surface area contributed by atoms with Gasteiger partial charge in [-0.25, -0.2) is 0 Å². The van der Waals surface area contributed by atoms with Gasteiger partial charge in [-0.05, 0) is 57.1 Å². The third kappa shape index (κ3) is 3.63. The fourth-order valence-electron chi connectivity index (χ4n) is 2.02. The van der Waals surface area contributed by atoms with Gasteiger partial charge in [-0.2, -0.15) is 0 Å². The topological polar surface area (TPSA) is 24.5 Å². The molecule has 1 aromatic carbocycles. The summed E-state index contributed by atoms with van der Waals surface area (Å²) < 4.78 is 5.33. The number of nitrogens with zero attached hydrogens (tertiary/aromatic N) is 1. The highest BCUT2D eigenvalue weighted by Gasteiger charge is 2.08. The summed E-state index contributed by atoms with van der Waals surface area (Å²) in [6, 6.07) is 4.31. The van der Waals surface area contributed by atoms with Crippen LogP contribution in [0, 0.1) is 13.8 Å². The number of nitrogens with one attached hydrogen (secondary N) is 1. The van der Waals surface area contributed by atoms with Gasteiger partial charge in [0.05, 0.1) is 7.11 Å². The molecule has 0 saturated heterocycles. The predicted octanol–water partition coefficient (Wildman–Crippen LogP) is 2.36. The highest BCUT2D eigenvalue weighted by atomic mass is 16.5.